The number of ether oxygens (including phenoxy) is 1. The van der Waals surface area contributed by atoms with E-state index in [1.165, 1.54) is 31.0 Å². The highest BCUT2D eigenvalue weighted by atomic mass is 32.2. The molecule has 1 aliphatic rings. The van der Waals surface area contributed by atoms with Gasteiger partial charge in [-0.15, -0.1) is 10.2 Å². The third-order valence-electron chi connectivity index (χ3n) is 5.42. The average molecular weight is 403 g/mol. The van der Waals surface area contributed by atoms with Crippen molar-refractivity contribution in [2.75, 3.05) is 5.75 Å². The second-order valence-electron chi connectivity index (χ2n) is 7.74. The Kier molecular flexibility index (Phi) is 6.99. The lowest BCUT2D eigenvalue weighted by atomic mass is 9.86. The van der Waals surface area contributed by atoms with E-state index < -0.39 is 0 Å². The molecule has 1 fully saturated rings. The van der Waals surface area contributed by atoms with Crippen LogP contribution in [0.1, 0.15) is 49.6 Å². The Hall–Kier alpha value is -2.02. The van der Waals surface area contributed by atoms with Gasteiger partial charge in [0.05, 0.1) is 5.75 Å². The SMILES string of the molecule is Cc1ccc(C)c(OCc2nnc(SCC(=O)NC3CCCCC3C)n2C)c1. The number of nitrogens with one attached hydrogen (secondary N) is 1. The first kappa shape index (κ1) is 20.7. The molecule has 1 heterocycles. The van der Waals surface area contributed by atoms with Crippen molar-refractivity contribution in [2.24, 2.45) is 13.0 Å². The molecule has 6 nitrogen and oxygen atoms in total. The number of carbonyl (C=O) groups is 1. The summed E-state index contributed by atoms with van der Waals surface area (Å²) in [6.07, 6.45) is 4.76. The van der Waals surface area contributed by atoms with Gasteiger partial charge in [0.2, 0.25) is 5.91 Å². The van der Waals surface area contributed by atoms with Gasteiger partial charge in [-0.25, -0.2) is 0 Å². The molecule has 2 aromatic rings. The molecule has 0 bridgehead atoms. The first-order chi connectivity index (χ1) is 13.4. The van der Waals surface area contributed by atoms with E-state index in [0.717, 1.165) is 34.3 Å². The van der Waals surface area contributed by atoms with Crippen molar-refractivity contribution in [2.45, 2.75) is 64.3 Å². The molecule has 0 radical (unpaired) electrons. The predicted molar refractivity (Wildman–Crippen MR) is 112 cm³/mol. The summed E-state index contributed by atoms with van der Waals surface area (Å²) in [7, 11) is 1.91. The van der Waals surface area contributed by atoms with Gasteiger partial charge in [-0.05, 0) is 49.8 Å². The Morgan fingerprint density at radius 3 is 2.86 bits per heavy atom. The van der Waals surface area contributed by atoms with Crippen LogP contribution >= 0.6 is 11.8 Å². The maximum absolute atomic E-state index is 12.3. The summed E-state index contributed by atoms with van der Waals surface area (Å²) in [6, 6.07) is 6.45. The van der Waals surface area contributed by atoms with E-state index in [1.54, 1.807) is 0 Å². The van der Waals surface area contributed by atoms with E-state index in [0.29, 0.717) is 24.3 Å². The van der Waals surface area contributed by atoms with Gasteiger partial charge < -0.3 is 14.6 Å². The topological polar surface area (TPSA) is 69.0 Å². The fourth-order valence-electron chi connectivity index (χ4n) is 3.51. The average Bonchev–Trinajstić information content (AvgIpc) is 3.02. The van der Waals surface area contributed by atoms with Gasteiger partial charge in [0, 0.05) is 13.1 Å². The zero-order valence-corrected chi connectivity index (χ0v) is 18.0. The van der Waals surface area contributed by atoms with Crippen LogP contribution < -0.4 is 10.1 Å². The van der Waals surface area contributed by atoms with Crippen molar-refractivity contribution in [3.63, 3.8) is 0 Å². The normalized spacial score (nSPS) is 19.4. The summed E-state index contributed by atoms with van der Waals surface area (Å²) < 4.78 is 7.82. The molecule has 1 aromatic carbocycles. The molecular weight excluding hydrogens is 372 g/mol. The van der Waals surface area contributed by atoms with Crippen LogP contribution in [0.25, 0.3) is 0 Å². The Balaban J connectivity index is 1.51. The van der Waals surface area contributed by atoms with Gasteiger partial charge in [0.15, 0.2) is 11.0 Å². The lowest BCUT2D eigenvalue weighted by Gasteiger charge is -2.29. The fourth-order valence-corrected chi connectivity index (χ4v) is 4.25. The van der Waals surface area contributed by atoms with Gasteiger partial charge in [0.1, 0.15) is 12.4 Å². The van der Waals surface area contributed by atoms with Crippen LogP contribution in [0.3, 0.4) is 0 Å². The lowest BCUT2D eigenvalue weighted by Crippen LogP contribution is -2.41. The van der Waals surface area contributed by atoms with E-state index >= 15 is 0 Å². The minimum absolute atomic E-state index is 0.0694. The zero-order valence-electron chi connectivity index (χ0n) is 17.2. The number of hydrogen-bond acceptors (Lipinski definition) is 5. The Bertz CT molecular complexity index is 821. The van der Waals surface area contributed by atoms with Crippen LogP contribution in [0.2, 0.25) is 0 Å². The Morgan fingerprint density at radius 1 is 1.29 bits per heavy atom. The number of nitrogens with zero attached hydrogens (tertiary/aromatic N) is 3. The lowest BCUT2D eigenvalue weighted by molar-refractivity contribution is -0.119. The molecule has 0 spiro atoms. The number of benzene rings is 1. The van der Waals surface area contributed by atoms with Crippen LogP contribution in [0.4, 0.5) is 0 Å². The minimum Gasteiger partial charge on any atom is -0.485 e. The number of aryl methyl sites for hydroxylation is 2. The van der Waals surface area contributed by atoms with E-state index in [-0.39, 0.29) is 5.91 Å². The van der Waals surface area contributed by atoms with Crippen LogP contribution in [-0.2, 0) is 18.4 Å². The van der Waals surface area contributed by atoms with Crippen molar-refractivity contribution in [1.29, 1.82) is 0 Å². The third kappa shape index (κ3) is 5.28. The molecule has 1 aromatic heterocycles. The second kappa shape index (κ2) is 9.45. The van der Waals surface area contributed by atoms with Gasteiger partial charge in [-0.3, -0.25) is 4.79 Å². The number of hydrogen-bond donors (Lipinski definition) is 1. The van der Waals surface area contributed by atoms with Crippen molar-refractivity contribution >= 4 is 17.7 Å². The molecule has 3 rings (SSSR count). The summed E-state index contributed by atoms with van der Waals surface area (Å²) in [5, 5.41) is 12.4. The monoisotopic (exact) mass is 402 g/mol. The first-order valence-corrected chi connectivity index (χ1v) is 10.9. The number of thioether (sulfide) groups is 1. The van der Waals surface area contributed by atoms with E-state index in [9.17, 15) is 4.79 Å². The van der Waals surface area contributed by atoms with E-state index in [4.69, 9.17) is 4.74 Å². The largest absolute Gasteiger partial charge is 0.485 e. The Labute approximate surface area is 171 Å². The van der Waals surface area contributed by atoms with Gasteiger partial charge in [0.25, 0.3) is 0 Å². The van der Waals surface area contributed by atoms with Gasteiger partial charge in [-0.1, -0.05) is 43.7 Å². The van der Waals surface area contributed by atoms with Crippen LogP contribution in [0.5, 0.6) is 5.75 Å². The fraction of sp³-hybridized carbons (Fsp3) is 0.571. The van der Waals surface area contributed by atoms with Crippen LogP contribution in [0.15, 0.2) is 23.4 Å². The van der Waals surface area contributed by atoms with Gasteiger partial charge >= 0.3 is 0 Å². The highest BCUT2D eigenvalue weighted by molar-refractivity contribution is 7.99. The third-order valence-corrected chi connectivity index (χ3v) is 6.44. The van der Waals surface area contributed by atoms with Crippen molar-refractivity contribution < 1.29 is 9.53 Å². The van der Waals surface area contributed by atoms with Crippen molar-refractivity contribution in [3.8, 4) is 5.75 Å². The molecule has 2 unspecified atom stereocenters. The number of carbonyl (C=O) groups excluding carboxylic acids is 1. The quantitative estimate of drug-likeness (QED) is 0.714. The maximum atomic E-state index is 12.3. The van der Waals surface area contributed by atoms with Crippen molar-refractivity contribution in [1.82, 2.24) is 20.1 Å². The summed E-state index contributed by atoms with van der Waals surface area (Å²) in [5.41, 5.74) is 2.25. The summed E-state index contributed by atoms with van der Waals surface area (Å²) in [6.45, 7) is 6.64. The number of aromatic nitrogens is 3. The van der Waals surface area contributed by atoms with Crippen LogP contribution in [0, 0.1) is 19.8 Å². The first-order valence-electron chi connectivity index (χ1n) is 9.94. The highest BCUT2D eigenvalue weighted by Crippen LogP contribution is 2.24. The summed E-state index contributed by atoms with van der Waals surface area (Å²) in [5.74, 6) is 2.58. The second-order valence-corrected chi connectivity index (χ2v) is 8.68. The molecule has 1 N–H and O–H groups in total. The number of amides is 1. The minimum atomic E-state index is 0.0694. The highest BCUT2D eigenvalue weighted by Gasteiger charge is 2.23. The maximum Gasteiger partial charge on any atom is 0.230 e. The molecule has 1 aliphatic carbocycles. The number of rotatable bonds is 7. The van der Waals surface area contributed by atoms with E-state index in [2.05, 4.69) is 34.6 Å². The summed E-state index contributed by atoms with van der Waals surface area (Å²) in [4.78, 5) is 12.3. The van der Waals surface area contributed by atoms with E-state index in [1.807, 2.05) is 31.5 Å². The smallest absolute Gasteiger partial charge is 0.230 e. The van der Waals surface area contributed by atoms with Gasteiger partial charge in [-0.2, -0.15) is 0 Å². The molecule has 2 atom stereocenters. The molecule has 1 amide bonds. The molecule has 1 saturated carbocycles. The predicted octanol–water partition coefficient (Wildman–Crippen LogP) is 3.80. The molecular formula is C21H30N4O2S. The molecule has 0 aliphatic heterocycles. The molecule has 7 heteroatoms. The standard InChI is InChI=1S/C21H30N4O2S/c1-14-9-10-16(3)18(11-14)27-12-19-23-24-21(25(19)4)28-13-20(26)22-17-8-6-5-7-15(17)2/h9-11,15,17H,5-8,12-13H2,1-4H3,(H,22,26). The summed E-state index contributed by atoms with van der Waals surface area (Å²) >= 11 is 1.41. The van der Waals surface area contributed by atoms with Crippen molar-refractivity contribution in [3.05, 3.63) is 35.2 Å². The molecule has 0 saturated heterocycles. The van der Waals surface area contributed by atoms with Crippen LogP contribution in [-0.4, -0.2) is 32.5 Å². The Morgan fingerprint density at radius 2 is 2.07 bits per heavy atom. The molecule has 28 heavy (non-hydrogen) atoms. The molecule has 152 valence electrons. The zero-order chi connectivity index (χ0) is 20.1.